The zero-order chi connectivity index (χ0) is 26.5. The SMILES string of the molecule is O=C(OOCc1ccccc1)C(OCc1ccccc1)(c1ccccc1)N1Cc2cc3ccccc3cc2C1. The van der Waals surface area contributed by atoms with E-state index in [1.54, 1.807) is 0 Å². The zero-order valence-electron chi connectivity index (χ0n) is 21.5. The molecule has 0 spiro atoms. The van der Waals surface area contributed by atoms with E-state index < -0.39 is 11.7 Å². The topological polar surface area (TPSA) is 48.0 Å². The highest BCUT2D eigenvalue weighted by Gasteiger charge is 2.51. The van der Waals surface area contributed by atoms with Gasteiger partial charge in [0.25, 0.3) is 5.72 Å². The predicted octanol–water partition coefficient (Wildman–Crippen LogP) is 6.90. The number of hydrogen-bond acceptors (Lipinski definition) is 5. The van der Waals surface area contributed by atoms with Gasteiger partial charge in [-0.2, -0.15) is 4.89 Å². The minimum atomic E-state index is -1.53. The molecule has 1 unspecified atom stereocenters. The Morgan fingerprint density at radius 1 is 0.641 bits per heavy atom. The molecule has 0 aliphatic carbocycles. The van der Waals surface area contributed by atoms with Crippen LogP contribution in [0.15, 0.2) is 127 Å². The zero-order valence-corrected chi connectivity index (χ0v) is 21.5. The first-order valence-corrected chi connectivity index (χ1v) is 13.1. The van der Waals surface area contributed by atoms with Gasteiger partial charge in [0, 0.05) is 18.7 Å². The van der Waals surface area contributed by atoms with Gasteiger partial charge in [-0.1, -0.05) is 115 Å². The molecule has 5 heteroatoms. The Labute approximate surface area is 228 Å². The normalized spacial score (nSPS) is 14.6. The molecule has 0 radical (unpaired) electrons. The van der Waals surface area contributed by atoms with E-state index in [1.807, 2.05) is 108 Å². The van der Waals surface area contributed by atoms with Gasteiger partial charge in [-0.15, -0.1) is 0 Å². The van der Waals surface area contributed by atoms with Crippen LogP contribution in [0, 0.1) is 0 Å². The van der Waals surface area contributed by atoms with Crippen LogP contribution in [-0.2, 0) is 51.3 Å². The molecule has 0 bridgehead atoms. The first-order chi connectivity index (χ1) is 19.2. The Morgan fingerprint density at radius 3 is 1.69 bits per heavy atom. The van der Waals surface area contributed by atoms with Crippen molar-refractivity contribution < 1.29 is 19.3 Å². The second kappa shape index (κ2) is 11.2. The largest absolute Gasteiger partial charge is 0.393 e. The highest BCUT2D eigenvalue weighted by molar-refractivity contribution is 5.85. The fraction of sp³-hybridized carbons (Fsp3) is 0.147. The second-order valence-corrected chi connectivity index (χ2v) is 9.73. The number of rotatable bonds is 9. The van der Waals surface area contributed by atoms with E-state index in [4.69, 9.17) is 14.5 Å². The van der Waals surface area contributed by atoms with Crippen LogP contribution in [0.25, 0.3) is 10.8 Å². The number of ether oxygens (including phenoxy) is 1. The lowest BCUT2D eigenvalue weighted by molar-refractivity contribution is -0.310. The molecule has 6 rings (SSSR count). The van der Waals surface area contributed by atoms with Crippen LogP contribution in [0.2, 0.25) is 0 Å². The third kappa shape index (κ3) is 5.20. The minimum absolute atomic E-state index is 0.141. The molecule has 1 aliphatic heterocycles. The summed E-state index contributed by atoms with van der Waals surface area (Å²) in [5.74, 6) is -0.613. The lowest BCUT2D eigenvalue weighted by Gasteiger charge is -2.38. The molecule has 39 heavy (non-hydrogen) atoms. The first-order valence-electron chi connectivity index (χ1n) is 13.1. The summed E-state index contributed by atoms with van der Waals surface area (Å²) >= 11 is 0. The van der Waals surface area contributed by atoms with E-state index in [0.29, 0.717) is 18.7 Å². The number of hydrogen-bond donors (Lipinski definition) is 0. The Hall–Kier alpha value is -4.29. The molecule has 194 valence electrons. The van der Waals surface area contributed by atoms with Gasteiger partial charge < -0.3 is 4.74 Å². The van der Waals surface area contributed by atoms with Crippen LogP contribution in [0.5, 0.6) is 0 Å². The van der Waals surface area contributed by atoms with Crippen molar-refractivity contribution in [2.75, 3.05) is 0 Å². The summed E-state index contributed by atoms with van der Waals surface area (Å²) in [5.41, 5.74) is 3.34. The van der Waals surface area contributed by atoms with Crippen molar-refractivity contribution in [3.05, 3.63) is 155 Å². The molecule has 0 saturated heterocycles. The van der Waals surface area contributed by atoms with E-state index in [-0.39, 0.29) is 13.2 Å². The average molecular weight is 516 g/mol. The van der Waals surface area contributed by atoms with Crippen LogP contribution in [-0.4, -0.2) is 10.9 Å². The highest BCUT2D eigenvalue weighted by Crippen LogP contribution is 2.40. The molecule has 5 aromatic rings. The third-order valence-electron chi connectivity index (χ3n) is 7.17. The van der Waals surface area contributed by atoms with E-state index in [0.717, 1.165) is 22.3 Å². The standard InChI is InChI=1S/C34H29NO4/c36-33(39-38-25-27-14-6-2-7-15-27)34(32-18-8-3-9-19-32,37-24-26-12-4-1-5-13-26)35-22-30-20-28-16-10-11-17-29(28)21-31(30)23-35/h1-21H,22-25H2. The van der Waals surface area contributed by atoms with Gasteiger partial charge in [-0.3, -0.25) is 9.79 Å². The van der Waals surface area contributed by atoms with Crippen LogP contribution < -0.4 is 0 Å². The summed E-state index contributed by atoms with van der Waals surface area (Å²) in [6.07, 6.45) is 0. The first kappa shape index (κ1) is 25.0. The van der Waals surface area contributed by atoms with Crippen molar-refractivity contribution in [2.24, 2.45) is 0 Å². The van der Waals surface area contributed by atoms with Crippen LogP contribution in [0.3, 0.4) is 0 Å². The highest BCUT2D eigenvalue weighted by atomic mass is 17.2. The molecule has 5 nitrogen and oxygen atoms in total. The van der Waals surface area contributed by atoms with Gasteiger partial charge in [0.05, 0.1) is 6.61 Å². The number of carbonyl (C=O) groups is 1. The summed E-state index contributed by atoms with van der Waals surface area (Å²) < 4.78 is 6.65. The van der Waals surface area contributed by atoms with Gasteiger partial charge in [-0.25, -0.2) is 4.79 Å². The molecular formula is C34H29NO4. The maximum absolute atomic E-state index is 14.1. The average Bonchev–Trinajstić information content (AvgIpc) is 3.41. The molecule has 5 aromatic carbocycles. The molecule has 0 amide bonds. The smallest absolute Gasteiger partial charge is 0.341 e. The summed E-state index contributed by atoms with van der Waals surface area (Å²) in [6, 6.07) is 41.7. The number of benzene rings is 5. The second-order valence-electron chi connectivity index (χ2n) is 9.73. The lowest BCUT2D eigenvalue weighted by atomic mass is 10.0. The van der Waals surface area contributed by atoms with Gasteiger partial charge in [0.2, 0.25) is 0 Å². The molecule has 0 saturated carbocycles. The van der Waals surface area contributed by atoms with Crippen LogP contribution in [0.1, 0.15) is 27.8 Å². The molecule has 1 heterocycles. The lowest BCUT2D eigenvalue weighted by Crippen LogP contribution is -2.52. The van der Waals surface area contributed by atoms with Crippen LogP contribution >= 0.6 is 0 Å². The van der Waals surface area contributed by atoms with Crippen molar-refractivity contribution in [2.45, 2.75) is 32.0 Å². The Bertz CT molecular complexity index is 1510. The van der Waals surface area contributed by atoms with E-state index >= 15 is 0 Å². The number of fused-ring (bicyclic) bond motifs is 2. The molecule has 1 atom stereocenters. The van der Waals surface area contributed by atoms with Crippen LogP contribution in [0.4, 0.5) is 0 Å². The Kier molecular flexibility index (Phi) is 7.19. The summed E-state index contributed by atoms with van der Waals surface area (Å²) in [4.78, 5) is 27.2. The Balaban J connectivity index is 1.37. The van der Waals surface area contributed by atoms with Gasteiger partial charge in [0.1, 0.15) is 6.61 Å². The maximum atomic E-state index is 14.1. The molecular weight excluding hydrogens is 486 g/mol. The van der Waals surface area contributed by atoms with Crippen molar-refractivity contribution in [3.8, 4) is 0 Å². The fourth-order valence-electron chi connectivity index (χ4n) is 5.19. The summed E-state index contributed by atoms with van der Waals surface area (Å²) in [6.45, 7) is 1.41. The maximum Gasteiger partial charge on any atom is 0.393 e. The molecule has 0 aromatic heterocycles. The van der Waals surface area contributed by atoms with E-state index in [2.05, 4.69) is 24.3 Å². The number of carbonyl (C=O) groups excluding carboxylic acids is 1. The summed E-state index contributed by atoms with van der Waals surface area (Å²) in [7, 11) is 0. The monoisotopic (exact) mass is 515 g/mol. The minimum Gasteiger partial charge on any atom is -0.341 e. The predicted molar refractivity (Wildman–Crippen MR) is 150 cm³/mol. The molecule has 0 fully saturated rings. The number of nitrogens with zero attached hydrogens (tertiary/aromatic N) is 1. The fourth-order valence-corrected chi connectivity index (χ4v) is 5.19. The van der Waals surface area contributed by atoms with Gasteiger partial charge in [0.15, 0.2) is 0 Å². The van der Waals surface area contributed by atoms with Gasteiger partial charge in [-0.05, 0) is 45.2 Å². The van der Waals surface area contributed by atoms with Crippen molar-refractivity contribution in [1.29, 1.82) is 0 Å². The quantitative estimate of drug-likeness (QED) is 0.158. The summed E-state index contributed by atoms with van der Waals surface area (Å²) in [5, 5.41) is 2.34. The Morgan fingerprint density at radius 2 is 1.13 bits per heavy atom. The van der Waals surface area contributed by atoms with Crippen molar-refractivity contribution >= 4 is 16.7 Å². The van der Waals surface area contributed by atoms with E-state index in [9.17, 15) is 4.79 Å². The van der Waals surface area contributed by atoms with Crippen molar-refractivity contribution in [1.82, 2.24) is 4.90 Å². The third-order valence-corrected chi connectivity index (χ3v) is 7.17. The van der Waals surface area contributed by atoms with Crippen molar-refractivity contribution in [3.63, 3.8) is 0 Å². The molecule has 1 aliphatic rings. The van der Waals surface area contributed by atoms with Gasteiger partial charge >= 0.3 is 5.97 Å². The molecule has 0 N–H and O–H groups in total. The van der Waals surface area contributed by atoms with E-state index in [1.165, 1.54) is 10.8 Å².